The number of rotatable bonds is 3. The quantitative estimate of drug-likeness (QED) is 0.473. The molecule has 5 rings (SSSR count). The Balaban J connectivity index is 1.35. The summed E-state index contributed by atoms with van der Waals surface area (Å²) in [6.45, 7) is 1.26. The molecule has 5 nitrogen and oxygen atoms in total. The van der Waals surface area contributed by atoms with E-state index in [2.05, 4.69) is 10.1 Å². The first-order valence-corrected chi connectivity index (χ1v) is 10.4. The normalized spacial score (nSPS) is 17.0. The van der Waals surface area contributed by atoms with Crippen molar-refractivity contribution in [2.24, 2.45) is 0 Å². The summed E-state index contributed by atoms with van der Waals surface area (Å²) in [5, 5.41) is 5.09. The lowest BCUT2D eigenvalue weighted by molar-refractivity contribution is 0.0700. The zero-order valence-corrected chi connectivity index (χ0v) is 16.4. The lowest BCUT2D eigenvalue weighted by atomic mass is 9.97. The van der Waals surface area contributed by atoms with E-state index in [-0.39, 0.29) is 17.6 Å². The third kappa shape index (κ3) is 3.53. The third-order valence-corrected chi connectivity index (χ3v) is 6.32. The first-order valence-electron chi connectivity index (χ1n) is 9.55. The van der Waals surface area contributed by atoms with Crippen LogP contribution in [-0.4, -0.2) is 34.0 Å². The van der Waals surface area contributed by atoms with Crippen LogP contribution in [-0.2, 0) is 0 Å². The van der Waals surface area contributed by atoms with Gasteiger partial charge in [0.05, 0.1) is 10.8 Å². The fraction of sp³-hybridized carbons (Fsp3) is 0.227. The number of aromatic nitrogens is 2. The molecule has 1 fully saturated rings. The highest BCUT2D eigenvalue weighted by atomic mass is 32.1. The van der Waals surface area contributed by atoms with Gasteiger partial charge in [0.25, 0.3) is 5.91 Å². The Morgan fingerprint density at radius 1 is 1.17 bits per heavy atom. The number of benzene rings is 2. The van der Waals surface area contributed by atoms with Crippen molar-refractivity contribution in [1.29, 1.82) is 0 Å². The van der Waals surface area contributed by atoms with Gasteiger partial charge in [-0.3, -0.25) is 4.79 Å². The largest absolute Gasteiger partial charge is 0.339 e. The Morgan fingerprint density at radius 2 is 2.07 bits per heavy atom. The van der Waals surface area contributed by atoms with Gasteiger partial charge >= 0.3 is 0 Å². The molecule has 1 amide bonds. The van der Waals surface area contributed by atoms with Crippen molar-refractivity contribution in [3.8, 4) is 11.4 Å². The molecule has 2 aromatic heterocycles. The van der Waals surface area contributed by atoms with Crippen LogP contribution in [0, 0.1) is 5.82 Å². The predicted octanol–water partition coefficient (Wildman–Crippen LogP) is 5.11. The molecule has 0 bridgehead atoms. The summed E-state index contributed by atoms with van der Waals surface area (Å²) in [4.78, 5) is 20.1. The SMILES string of the molecule is O=C(c1cc2ccccc2s1)N1CCCC(c2nc(-c3cccc(F)c3)no2)C1. The molecule has 1 atom stereocenters. The van der Waals surface area contributed by atoms with Crippen molar-refractivity contribution in [1.82, 2.24) is 15.0 Å². The Morgan fingerprint density at radius 3 is 2.93 bits per heavy atom. The van der Waals surface area contributed by atoms with Gasteiger partial charge in [-0.2, -0.15) is 4.98 Å². The number of fused-ring (bicyclic) bond motifs is 1. The number of hydrogen-bond donors (Lipinski definition) is 0. The number of piperidine rings is 1. The van der Waals surface area contributed by atoms with Gasteiger partial charge in [-0.25, -0.2) is 4.39 Å². The lowest BCUT2D eigenvalue weighted by Gasteiger charge is -2.30. The smallest absolute Gasteiger partial charge is 0.263 e. The van der Waals surface area contributed by atoms with Crippen molar-refractivity contribution in [3.63, 3.8) is 0 Å². The number of amides is 1. The molecule has 7 heteroatoms. The number of hydrogen-bond acceptors (Lipinski definition) is 5. The van der Waals surface area contributed by atoms with E-state index in [1.54, 1.807) is 12.1 Å². The molecular weight excluding hydrogens is 389 g/mol. The molecule has 1 aliphatic rings. The fourth-order valence-electron chi connectivity index (χ4n) is 3.75. The van der Waals surface area contributed by atoms with Crippen LogP contribution in [0.15, 0.2) is 59.1 Å². The maximum absolute atomic E-state index is 13.5. The lowest BCUT2D eigenvalue weighted by Crippen LogP contribution is -2.38. The minimum Gasteiger partial charge on any atom is -0.339 e. The Hall–Kier alpha value is -3.06. The zero-order chi connectivity index (χ0) is 19.8. The summed E-state index contributed by atoms with van der Waals surface area (Å²) < 4.78 is 20.0. The van der Waals surface area contributed by atoms with Crippen LogP contribution in [0.25, 0.3) is 21.5 Å². The highest BCUT2D eigenvalue weighted by Crippen LogP contribution is 2.31. The number of carbonyl (C=O) groups is 1. The Kier molecular flexibility index (Phi) is 4.60. The number of carbonyl (C=O) groups excluding carboxylic acids is 1. The second-order valence-electron chi connectivity index (χ2n) is 7.21. The average Bonchev–Trinajstić information content (AvgIpc) is 3.41. The van der Waals surface area contributed by atoms with Gasteiger partial charge < -0.3 is 9.42 Å². The van der Waals surface area contributed by atoms with E-state index in [1.807, 2.05) is 35.2 Å². The molecule has 1 saturated heterocycles. The number of nitrogens with zero attached hydrogens (tertiary/aromatic N) is 3. The monoisotopic (exact) mass is 407 g/mol. The van der Waals surface area contributed by atoms with E-state index in [0.717, 1.165) is 27.8 Å². The minimum absolute atomic E-state index is 0.0168. The van der Waals surface area contributed by atoms with E-state index in [1.165, 1.54) is 23.5 Å². The van der Waals surface area contributed by atoms with Gasteiger partial charge in [0.15, 0.2) is 0 Å². The van der Waals surface area contributed by atoms with Crippen LogP contribution in [0.4, 0.5) is 4.39 Å². The summed E-state index contributed by atoms with van der Waals surface area (Å²) in [5.41, 5.74) is 0.578. The molecular formula is C22H18FN3O2S. The molecule has 1 aliphatic heterocycles. The van der Waals surface area contributed by atoms with Crippen LogP contribution in [0.5, 0.6) is 0 Å². The van der Waals surface area contributed by atoms with Crippen molar-refractivity contribution >= 4 is 27.3 Å². The molecule has 0 N–H and O–H groups in total. The summed E-state index contributed by atoms with van der Waals surface area (Å²) in [6, 6.07) is 16.1. The number of halogens is 1. The summed E-state index contributed by atoms with van der Waals surface area (Å²) >= 11 is 1.52. The minimum atomic E-state index is -0.341. The van der Waals surface area contributed by atoms with Gasteiger partial charge in [0.1, 0.15) is 5.82 Å². The molecule has 146 valence electrons. The first-order chi connectivity index (χ1) is 14.2. The molecule has 0 aliphatic carbocycles. The van der Waals surface area contributed by atoms with E-state index >= 15 is 0 Å². The van der Waals surface area contributed by atoms with Gasteiger partial charge in [-0.05, 0) is 42.5 Å². The molecule has 0 radical (unpaired) electrons. The topological polar surface area (TPSA) is 59.2 Å². The predicted molar refractivity (Wildman–Crippen MR) is 109 cm³/mol. The van der Waals surface area contributed by atoms with Crippen LogP contribution in [0.1, 0.15) is 34.3 Å². The fourth-order valence-corrected chi connectivity index (χ4v) is 4.78. The second-order valence-corrected chi connectivity index (χ2v) is 8.29. The highest BCUT2D eigenvalue weighted by Gasteiger charge is 2.30. The second kappa shape index (κ2) is 7.40. The number of thiophene rings is 1. The number of likely N-dealkylation sites (tertiary alicyclic amines) is 1. The van der Waals surface area contributed by atoms with E-state index in [4.69, 9.17) is 4.52 Å². The Bertz CT molecular complexity index is 1150. The van der Waals surface area contributed by atoms with Crippen LogP contribution in [0.3, 0.4) is 0 Å². The Labute approximate surface area is 170 Å². The van der Waals surface area contributed by atoms with E-state index in [9.17, 15) is 9.18 Å². The van der Waals surface area contributed by atoms with E-state index in [0.29, 0.717) is 30.4 Å². The molecule has 1 unspecified atom stereocenters. The molecule has 4 aromatic rings. The van der Waals surface area contributed by atoms with Crippen LogP contribution < -0.4 is 0 Å². The molecule has 0 spiro atoms. The summed E-state index contributed by atoms with van der Waals surface area (Å²) in [7, 11) is 0. The summed E-state index contributed by atoms with van der Waals surface area (Å²) in [6.07, 6.45) is 1.75. The van der Waals surface area contributed by atoms with Gasteiger partial charge in [-0.15, -0.1) is 11.3 Å². The van der Waals surface area contributed by atoms with Crippen molar-refractivity contribution in [2.75, 3.05) is 13.1 Å². The first kappa shape index (κ1) is 18.0. The van der Waals surface area contributed by atoms with Crippen LogP contribution in [0.2, 0.25) is 0 Å². The standard InChI is InChI=1S/C22H18FN3O2S/c23-17-8-3-6-15(11-17)20-24-21(28-25-20)16-7-4-10-26(13-16)22(27)19-12-14-5-1-2-9-18(14)29-19/h1-3,5-6,8-9,11-12,16H,4,7,10,13H2. The molecule has 29 heavy (non-hydrogen) atoms. The van der Waals surface area contributed by atoms with Crippen molar-refractivity contribution in [2.45, 2.75) is 18.8 Å². The van der Waals surface area contributed by atoms with Gasteiger partial charge in [0, 0.05) is 23.4 Å². The molecule has 3 heterocycles. The molecule has 0 saturated carbocycles. The van der Waals surface area contributed by atoms with E-state index < -0.39 is 0 Å². The van der Waals surface area contributed by atoms with Crippen molar-refractivity contribution < 1.29 is 13.7 Å². The van der Waals surface area contributed by atoms with Gasteiger partial charge in [-0.1, -0.05) is 35.5 Å². The molecule has 2 aromatic carbocycles. The maximum atomic E-state index is 13.5. The van der Waals surface area contributed by atoms with Crippen molar-refractivity contribution in [3.05, 3.63) is 71.2 Å². The highest BCUT2D eigenvalue weighted by molar-refractivity contribution is 7.20. The van der Waals surface area contributed by atoms with Crippen LogP contribution >= 0.6 is 11.3 Å². The third-order valence-electron chi connectivity index (χ3n) is 5.22. The maximum Gasteiger partial charge on any atom is 0.263 e. The van der Waals surface area contributed by atoms with Gasteiger partial charge in [0.2, 0.25) is 11.7 Å². The zero-order valence-electron chi connectivity index (χ0n) is 15.5. The average molecular weight is 407 g/mol. The summed E-state index contributed by atoms with van der Waals surface area (Å²) in [5.74, 6) is 0.551.